The van der Waals surface area contributed by atoms with E-state index in [0.717, 1.165) is 4.90 Å². The average molecular weight is 257 g/mol. The minimum Gasteiger partial charge on any atom is -0.480 e. The van der Waals surface area contributed by atoms with Crippen LogP contribution in [0.25, 0.3) is 0 Å². The Bertz CT molecular complexity index is 341. The number of aliphatic carboxylic acids is 1. The number of carboxylic acid groups (broad SMARTS) is 1. The van der Waals surface area contributed by atoms with Crippen molar-refractivity contribution in [3.8, 4) is 0 Å². The van der Waals surface area contributed by atoms with Crippen molar-refractivity contribution in [2.45, 2.75) is 13.0 Å². The third kappa shape index (κ3) is 5.33. The maximum atomic E-state index is 11.7. The molecule has 102 valence electrons. The lowest BCUT2D eigenvalue weighted by Crippen LogP contribution is -2.50. The monoisotopic (exact) mass is 257 g/mol. The standard InChI is InChI=1S/C11H19N3O4/c1-5-6-14(7-9(15)16)11(18)12-8(2)10(17)13(3)4/h5,8H,1,6-7H2,2-4H3,(H,12,18)(H,15,16). The number of carboxylic acids is 1. The van der Waals surface area contributed by atoms with Crippen molar-refractivity contribution >= 4 is 17.9 Å². The van der Waals surface area contributed by atoms with Crippen molar-refractivity contribution in [1.29, 1.82) is 0 Å². The van der Waals surface area contributed by atoms with Crippen LogP contribution in [0.5, 0.6) is 0 Å². The molecule has 3 amide bonds. The fraction of sp³-hybridized carbons (Fsp3) is 0.545. The molecular weight excluding hydrogens is 238 g/mol. The average Bonchev–Trinajstić information content (AvgIpc) is 2.26. The van der Waals surface area contributed by atoms with Gasteiger partial charge in [0.25, 0.3) is 0 Å². The molecular formula is C11H19N3O4. The van der Waals surface area contributed by atoms with Gasteiger partial charge in [0, 0.05) is 20.6 Å². The fourth-order valence-electron chi connectivity index (χ4n) is 1.26. The molecule has 0 radical (unpaired) electrons. The molecule has 0 aromatic rings. The van der Waals surface area contributed by atoms with E-state index in [4.69, 9.17) is 5.11 Å². The zero-order valence-electron chi connectivity index (χ0n) is 10.8. The largest absolute Gasteiger partial charge is 0.480 e. The van der Waals surface area contributed by atoms with Gasteiger partial charge in [-0.3, -0.25) is 9.59 Å². The lowest BCUT2D eigenvalue weighted by Gasteiger charge is -2.23. The normalized spacial score (nSPS) is 11.3. The molecule has 0 saturated carbocycles. The van der Waals surface area contributed by atoms with E-state index in [2.05, 4.69) is 11.9 Å². The van der Waals surface area contributed by atoms with Gasteiger partial charge in [0.2, 0.25) is 5.91 Å². The van der Waals surface area contributed by atoms with Crippen LogP contribution in [0.15, 0.2) is 12.7 Å². The topological polar surface area (TPSA) is 90.0 Å². The molecule has 1 atom stereocenters. The molecule has 0 rings (SSSR count). The minimum absolute atomic E-state index is 0.0982. The third-order valence-electron chi connectivity index (χ3n) is 2.11. The van der Waals surface area contributed by atoms with Gasteiger partial charge in [-0.2, -0.15) is 0 Å². The predicted molar refractivity (Wildman–Crippen MR) is 66.1 cm³/mol. The van der Waals surface area contributed by atoms with Crippen LogP contribution >= 0.6 is 0 Å². The van der Waals surface area contributed by atoms with E-state index in [1.54, 1.807) is 14.1 Å². The summed E-state index contributed by atoms with van der Waals surface area (Å²) in [4.78, 5) is 36.3. The van der Waals surface area contributed by atoms with E-state index >= 15 is 0 Å². The highest BCUT2D eigenvalue weighted by Gasteiger charge is 2.21. The van der Waals surface area contributed by atoms with Gasteiger partial charge in [-0.15, -0.1) is 6.58 Å². The first kappa shape index (κ1) is 16.0. The molecule has 0 spiro atoms. The second kappa shape index (κ2) is 7.31. The van der Waals surface area contributed by atoms with Crippen molar-refractivity contribution in [3.63, 3.8) is 0 Å². The summed E-state index contributed by atoms with van der Waals surface area (Å²) < 4.78 is 0. The Morgan fingerprint density at radius 1 is 1.39 bits per heavy atom. The van der Waals surface area contributed by atoms with Gasteiger partial charge in [0.1, 0.15) is 12.6 Å². The minimum atomic E-state index is -1.13. The van der Waals surface area contributed by atoms with Crippen LogP contribution in [0, 0.1) is 0 Å². The molecule has 0 fully saturated rings. The zero-order valence-corrected chi connectivity index (χ0v) is 10.8. The van der Waals surface area contributed by atoms with Gasteiger partial charge in [-0.1, -0.05) is 6.08 Å². The molecule has 0 bridgehead atoms. The Labute approximate surface area is 106 Å². The van der Waals surface area contributed by atoms with Crippen LogP contribution in [0.4, 0.5) is 4.79 Å². The van der Waals surface area contributed by atoms with Crippen molar-refractivity contribution in [2.24, 2.45) is 0 Å². The number of likely N-dealkylation sites (N-methyl/N-ethyl adjacent to an activating group) is 1. The zero-order chi connectivity index (χ0) is 14.3. The number of carbonyl (C=O) groups excluding carboxylic acids is 2. The van der Waals surface area contributed by atoms with Gasteiger partial charge in [0.05, 0.1) is 0 Å². The number of rotatable bonds is 6. The maximum Gasteiger partial charge on any atom is 0.323 e. The number of urea groups is 1. The van der Waals surface area contributed by atoms with E-state index in [-0.39, 0.29) is 12.5 Å². The molecule has 7 heteroatoms. The summed E-state index contributed by atoms with van der Waals surface area (Å²) in [5.41, 5.74) is 0. The molecule has 1 unspecified atom stereocenters. The molecule has 18 heavy (non-hydrogen) atoms. The Morgan fingerprint density at radius 3 is 2.33 bits per heavy atom. The number of carbonyl (C=O) groups is 3. The first-order chi connectivity index (χ1) is 8.29. The third-order valence-corrected chi connectivity index (χ3v) is 2.11. The smallest absolute Gasteiger partial charge is 0.323 e. The highest BCUT2D eigenvalue weighted by molar-refractivity contribution is 5.87. The Kier molecular flexibility index (Phi) is 6.48. The summed E-state index contributed by atoms with van der Waals surface area (Å²) in [5, 5.41) is 11.1. The van der Waals surface area contributed by atoms with Gasteiger partial charge >= 0.3 is 12.0 Å². The Balaban J connectivity index is 4.54. The second-order valence-corrected chi connectivity index (χ2v) is 3.97. The molecule has 0 heterocycles. The highest BCUT2D eigenvalue weighted by atomic mass is 16.4. The quantitative estimate of drug-likeness (QED) is 0.642. The van der Waals surface area contributed by atoms with Crippen molar-refractivity contribution < 1.29 is 19.5 Å². The number of hydrogen-bond acceptors (Lipinski definition) is 3. The van der Waals surface area contributed by atoms with Crippen LogP contribution in [-0.4, -0.2) is 66.0 Å². The van der Waals surface area contributed by atoms with E-state index in [1.165, 1.54) is 17.9 Å². The summed E-state index contributed by atoms with van der Waals surface area (Å²) in [6.07, 6.45) is 1.42. The predicted octanol–water partition coefficient (Wildman–Crippen LogP) is -0.255. The van der Waals surface area contributed by atoms with E-state index in [0.29, 0.717) is 0 Å². The molecule has 0 aliphatic rings. The Morgan fingerprint density at radius 2 is 1.94 bits per heavy atom. The second-order valence-electron chi connectivity index (χ2n) is 3.97. The van der Waals surface area contributed by atoms with E-state index in [9.17, 15) is 14.4 Å². The summed E-state index contributed by atoms with van der Waals surface area (Å²) in [5.74, 6) is -1.39. The maximum absolute atomic E-state index is 11.7. The van der Waals surface area contributed by atoms with Crippen LogP contribution in [0.2, 0.25) is 0 Å². The Hall–Kier alpha value is -2.05. The molecule has 0 aliphatic heterocycles. The molecule has 0 aliphatic carbocycles. The SMILES string of the molecule is C=CCN(CC(=O)O)C(=O)NC(C)C(=O)N(C)C. The van der Waals surface area contributed by atoms with Crippen molar-refractivity contribution in [1.82, 2.24) is 15.1 Å². The van der Waals surface area contributed by atoms with Crippen LogP contribution in [-0.2, 0) is 9.59 Å². The summed E-state index contributed by atoms with van der Waals surface area (Å²) in [6.45, 7) is 4.63. The number of hydrogen-bond donors (Lipinski definition) is 2. The van der Waals surface area contributed by atoms with Crippen molar-refractivity contribution in [2.75, 3.05) is 27.2 Å². The first-order valence-electron chi connectivity index (χ1n) is 5.38. The van der Waals surface area contributed by atoms with Crippen LogP contribution < -0.4 is 5.32 Å². The number of nitrogens with zero attached hydrogens (tertiary/aromatic N) is 2. The van der Waals surface area contributed by atoms with Crippen molar-refractivity contribution in [3.05, 3.63) is 12.7 Å². The molecule has 7 nitrogen and oxygen atoms in total. The summed E-state index contributed by atoms with van der Waals surface area (Å²) in [6, 6.07) is -1.33. The molecule has 2 N–H and O–H groups in total. The number of nitrogens with one attached hydrogen (secondary N) is 1. The molecule has 0 aromatic carbocycles. The molecule has 0 aromatic heterocycles. The lowest BCUT2D eigenvalue weighted by molar-refractivity contribution is -0.137. The van der Waals surface area contributed by atoms with E-state index in [1.807, 2.05) is 0 Å². The first-order valence-corrected chi connectivity index (χ1v) is 5.38. The highest BCUT2D eigenvalue weighted by Crippen LogP contribution is 1.95. The summed E-state index contributed by atoms with van der Waals surface area (Å²) in [7, 11) is 3.15. The van der Waals surface area contributed by atoms with Gasteiger partial charge in [0.15, 0.2) is 0 Å². The lowest BCUT2D eigenvalue weighted by atomic mass is 10.3. The fourth-order valence-corrected chi connectivity index (χ4v) is 1.26. The molecule has 0 saturated heterocycles. The van der Waals surface area contributed by atoms with E-state index < -0.39 is 24.6 Å². The van der Waals surface area contributed by atoms with Gasteiger partial charge in [-0.25, -0.2) is 4.79 Å². The van der Waals surface area contributed by atoms with Gasteiger partial charge in [-0.05, 0) is 6.92 Å². The van der Waals surface area contributed by atoms with Crippen LogP contribution in [0.1, 0.15) is 6.92 Å². The van der Waals surface area contributed by atoms with Gasteiger partial charge < -0.3 is 20.2 Å². The summed E-state index contributed by atoms with van der Waals surface area (Å²) >= 11 is 0. The number of amides is 3. The van der Waals surface area contributed by atoms with Crippen LogP contribution in [0.3, 0.4) is 0 Å².